The fraction of sp³-hybridized carbons (Fsp3) is 0.235. The van der Waals surface area contributed by atoms with Crippen LogP contribution in [-0.4, -0.2) is 28.5 Å². The number of carbonyl (C=O) groups is 1. The van der Waals surface area contributed by atoms with Crippen molar-refractivity contribution in [1.29, 1.82) is 0 Å². The zero-order valence-electron chi connectivity index (χ0n) is 15.7. The Morgan fingerprint density at radius 1 is 0.871 bits per heavy atom. The van der Waals surface area contributed by atoms with Gasteiger partial charge in [0.1, 0.15) is 0 Å². The Labute approximate surface area is 171 Å². The highest BCUT2D eigenvalue weighted by Gasteiger charge is 2.38. The van der Waals surface area contributed by atoms with Gasteiger partial charge in [0.05, 0.1) is 41.5 Å². The lowest BCUT2D eigenvalue weighted by atomic mass is 10.1. The van der Waals surface area contributed by atoms with E-state index >= 15 is 0 Å². The van der Waals surface area contributed by atoms with Gasteiger partial charge in [-0.25, -0.2) is 8.42 Å². The van der Waals surface area contributed by atoms with Crippen LogP contribution in [0.2, 0.25) is 0 Å². The maximum Gasteiger partial charge on any atom is 0.416 e. The molecule has 1 amide bonds. The van der Waals surface area contributed by atoms with Crippen molar-refractivity contribution in [3.63, 3.8) is 0 Å². The molecule has 3 N–H and O–H groups in total. The van der Waals surface area contributed by atoms with Crippen LogP contribution in [0.25, 0.3) is 0 Å². The largest absolute Gasteiger partial charge is 0.493 e. The fourth-order valence-electron chi connectivity index (χ4n) is 2.45. The Hall–Kier alpha value is -3.16. The summed E-state index contributed by atoms with van der Waals surface area (Å²) >= 11 is 0. The number of hydrogen-bond donors (Lipinski definition) is 2. The second-order valence-electron chi connectivity index (χ2n) is 5.96. The third-order valence-corrected chi connectivity index (χ3v) is 5.25. The monoisotopic (exact) mass is 472 g/mol. The van der Waals surface area contributed by atoms with Crippen molar-refractivity contribution < 1.29 is 49.0 Å². The van der Waals surface area contributed by atoms with Crippen molar-refractivity contribution in [1.82, 2.24) is 0 Å². The Balaban J connectivity index is 2.68. The number of alkyl halides is 6. The van der Waals surface area contributed by atoms with Gasteiger partial charge in [-0.05, 0) is 24.3 Å². The zero-order chi connectivity index (χ0) is 23.8. The van der Waals surface area contributed by atoms with E-state index in [2.05, 4.69) is 0 Å². The van der Waals surface area contributed by atoms with Crippen LogP contribution < -0.4 is 19.9 Å². The van der Waals surface area contributed by atoms with Crippen molar-refractivity contribution in [3.05, 3.63) is 47.0 Å². The second kappa shape index (κ2) is 8.17. The number of amides is 1. The lowest BCUT2D eigenvalue weighted by molar-refractivity contribution is -0.143. The number of nitrogens with two attached hydrogens (primary N) is 1. The molecule has 7 nitrogen and oxygen atoms in total. The molecule has 2 aromatic rings. The molecule has 0 saturated heterocycles. The van der Waals surface area contributed by atoms with Gasteiger partial charge in [0, 0.05) is 6.07 Å². The van der Waals surface area contributed by atoms with Crippen molar-refractivity contribution >= 4 is 21.6 Å². The molecule has 2 aromatic carbocycles. The number of primary amides is 1. The third-order valence-electron chi connectivity index (χ3n) is 3.90. The molecule has 0 spiro atoms. The molecule has 0 aliphatic carbocycles. The highest BCUT2D eigenvalue weighted by Crippen LogP contribution is 2.38. The van der Waals surface area contributed by atoms with E-state index in [9.17, 15) is 39.6 Å². The normalized spacial score (nSPS) is 12.4. The molecule has 0 atom stereocenters. The maximum atomic E-state index is 13.0. The molecule has 0 bridgehead atoms. The minimum atomic E-state index is -5.26. The Bertz CT molecular complexity index is 1080. The SMILES string of the molecule is COc1cc(NS(=O)(=O)c2cc(C(F)(F)F)cc(C(F)(F)F)c2)c(C(N)=O)cc1OC. The van der Waals surface area contributed by atoms with Gasteiger partial charge in [-0.2, -0.15) is 26.3 Å². The molecule has 170 valence electrons. The summed E-state index contributed by atoms with van der Waals surface area (Å²) in [6.07, 6.45) is -10.5. The Morgan fingerprint density at radius 3 is 1.71 bits per heavy atom. The van der Waals surface area contributed by atoms with Crippen LogP contribution in [0.3, 0.4) is 0 Å². The summed E-state index contributed by atoms with van der Waals surface area (Å²) in [7, 11) is -2.66. The number of carbonyl (C=O) groups excluding carboxylic acids is 1. The summed E-state index contributed by atoms with van der Waals surface area (Å²) in [4.78, 5) is 10.3. The van der Waals surface area contributed by atoms with Gasteiger partial charge < -0.3 is 15.2 Å². The minimum absolute atomic E-state index is 0.0299. The number of anilines is 1. The van der Waals surface area contributed by atoms with E-state index in [1.54, 1.807) is 4.72 Å². The van der Waals surface area contributed by atoms with Crippen LogP contribution in [0.5, 0.6) is 11.5 Å². The molecule has 0 heterocycles. The molecule has 31 heavy (non-hydrogen) atoms. The van der Waals surface area contributed by atoms with Gasteiger partial charge in [-0.1, -0.05) is 0 Å². The lowest BCUT2D eigenvalue weighted by Gasteiger charge is -2.17. The molecule has 0 radical (unpaired) electrons. The minimum Gasteiger partial charge on any atom is -0.493 e. The van der Waals surface area contributed by atoms with Crippen LogP contribution in [0.4, 0.5) is 32.0 Å². The van der Waals surface area contributed by atoms with Crippen molar-refractivity contribution in [3.8, 4) is 11.5 Å². The fourth-order valence-corrected chi connectivity index (χ4v) is 3.59. The van der Waals surface area contributed by atoms with Gasteiger partial charge in [0.25, 0.3) is 15.9 Å². The first-order valence-electron chi connectivity index (χ1n) is 7.98. The second-order valence-corrected chi connectivity index (χ2v) is 7.65. The number of benzene rings is 2. The molecule has 2 rings (SSSR count). The van der Waals surface area contributed by atoms with E-state index in [1.165, 1.54) is 14.2 Å². The predicted molar refractivity (Wildman–Crippen MR) is 95.3 cm³/mol. The number of rotatable bonds is 6. The molecule has 0 aromatic heterocycles. The summed E-state index contributed by atoms with van der Waals surface area (Å²) in [6, 6.07) is 1.77. The maximum absolute atomic E-state index is 13.0. The quantitative estimate of drug-likeness (QED) is 0.625. The van der Waals surface area contributed by atoms with Crippen LogP contribution in [-0.2, 0) is 22.4 Å². The molecule has 0 aliphatic rings. The molecule has 0 unspecified atom stereocenters. The highest BCUT2D eigenvalue weighted by molar-refractivity contribution is 7.92. The molecule has 0 saturated carbocycles. The van der Waals surface area contributed by atoms with Gasteiger partial charge in [-0.15, -0.1) is 0 Å². The lowest BCUT2D eigenvalue weighted by Crippen LogP contribution is -2.20. The van der Waals surface area contributed by atoms with Crippen LogP contribution in [0, 0.1) is 0 Å². The van der Waals surface area contributed by atoms with Crippen molar-refractivity contribution in [2.24, 2.45) is 5.73 Å². The first kappa shape index (κ1) is 24.1. The van der Waals surface area contributed by atoms with Crippen LogP contribution in [0.1, 0.15) is 21.5 Å². The first-order chi connectivity index (χ1) is 14.1. The van der Waals surface area contributed by atoms with Crippen molar-refractivity contribution in [2.45, 2.75) is 17.2 Å². The van der Waals surface area contributed by atoms with Gasteiger partial charge in [0.2, 0.25) is 0 Å². The van der Waals surface area contributed by atoms with E-state index in [0.29, 0.717) is 0 Å². The van der Waals surface area contributed by atoms with E-state index < -0.39 is 55.6 Å². The number of ether oxygens (including phenoxy) is 2. The van der Waals surface area contributed by atoms with E-state index in [4.69, 9.17) is 15.2 Å². The third kappa shape index (κ3) is 5.31. The average Bonchev–Trinajstić information content (AvgIpc) is 2.65. The zero-order valence-corrected chi connectivity index (χ0v) is 16.5. The van der Waals surface area contributed by atoms with Crippen LogP contribution in [0.15, 0.2) is 35.2 Å². The average molecular weight is 472 g/mol. The van der Waals surface area contributed by atoms with Gasteiger partial charge >= 0.3 is 12.4 Å². The number of halogens is 6. The van der Waals surface area contributed by atoms with Crippen molar-refractivity contribution in [2.75, 3.05) is 18.9 Å². The summed E-state index contributed by atoms with van der Waals surface area (Å²) in [5.74, 6) is -1.28. The molecular formula is C17H14F6N2O5S. The predicted octanol–water partition coefficient (Wildman–Crippen LogP) is 3.64. The van der Waals surface area contributed by atoms with Gasteiger partial charge in [0.15, 0.2) is 11.5 Å². The molecule has 0 fully saturated rings. The van der Waals surface area contributed by atoms with Gasteiger partial charge in [-0.3, -0.25) is 9.52 Å². The number of hydrogen-bond acceptors (Lipinski definition) is 5. The molecule has 0 aliphatic heterocycles. The summed E-state index contributed by atoms with van der Waals surface area (Å²) in [5.41, 5.74) is 0.511. The number of sulfonamides is 1. The summed E-state index contributed by atoms with van der Waals surface area (Å²) < 4.78 is 115. The summed E-state index contributed by atoms with van der Waals surface area (Å²) in [5, 5.41) is 0. The molecule has 14 heteroatoms. The topological polar surface area (TPSA) is 108 Å². The van der Waals surface area contributed by atoms with E-state index in [-0.39, 0.29) is 29.7 Å². The summed E-state index contributed by atoms with van der Waals surface area (Å²) in [6.45, 7) is 0. The van der Waals surface area contributed by atoms with E-state index in [0.717, 1.165) is 12.1 Å². The number of nitrogens with one attached hydrogen (secondary N) is 1. The Morgan fingerprint density at radius 2 is 1.32 bits per heavy atom. The first-order valence-corrected chi connectivity index (χ1v) is 9.46. The Kier molecular flexibility index (Phi) is 6.35. The standard InChI is InChI=1S/C17H14F6N2O5S/c1-29-13-6-11(15(24)26)12(7-14(13)30-2)25-31(27,28)10-4-8(16(18,19)20)3-9(5-10)17(21,22)23/h3-7,25H,1-2H3,(H2,24,26). The number of methoxy groups -OCH3 is 2. The highest BCUT2D eigenvalue weighted by atomic mass is 32.2. The molecular weight excluding hydrogens is 458 g/mol. The smallest absolute Gasteiger partial charge is 0.416 e. The van der Waals surface area contributed by atoms with E-state index in [1.807, 2.05) is 0 Å². The van der Waals surface area contributed by atoms with Crippen LogP contribution >= 0.6 is 0 Å².